The van der Waals surface area contributed by atoms with Crippen LogP contribution >= 0.6 is 0 Å². The van der Waals surface area contributed by atoms with Crippen molar-refractivity contribution in [3.05, 3.63) is 0 Å². The van der Waals surface area contributed by atoms with Crippen molar-refractivity contribution in [2.45, 2.75) is 50.6 Å². The zero-order chi connectivity index (χ0) is 13.0. The molecule has 6 unspecified atom stereocenters. The Morgan fingerprint density at radius 1 is 0.789 bits per heavy atom. The highest BCUT2D eigenvalue weighted by Gasteiger charge is 2.83. The van der Waals surface area contributed by atoms with Crippen LogP contribution in [0, 0.1) is 29.1 Å². The second kappa shape index (κ2) is 3.88. The predicted octanol–water partition coefficient (Wildman–Crippen LogP) is 2.24. The maximum absolute atomic E-state index is 10.5. The molecule has 0 radical (unpaired) electrons. The Labute approximate surface area is 112 Å². The average Bonchev–Trinajstić information content (AvgIpc) is 3.29. The number of hydrogen-bond acceptors (Lipinski definition) is 4. The average molecular weight is 258 g/mol. The molecule has 0 heterocycles. The third-order valence-electron chi connectivity index (χ3n) is 6.47. The molecule has 4 heteroatoms. The van der Waals surface area contributed by atoms with E-state index in [0.29, 0.717) is 5.41 Å². The lowest BCUT2D eigenvalue weighted by molar-refractivity contribution is 0.369. The van der Waals surface area contributed by atoms with Gasteiger partial charge in [0.15, 0.2) is 0 Å². The van der Waals surface area contributed by atoms with Crippen LogP contribution in [0.25, 0.3) is 0 Å². The molecule has 0 aromatic heterocycles. The number of rotatable bonds is 2. The van der Waals surface area contributed by atoms with E-state index in [2.05, 4.69) is 9.98 Å². The van der Waals surface area contributed by atoms with Crippen LogP contribution in [0.1, 0.15) is 38.5 Å². The van der Waals surface area contributed by atoms with Crippen LogP contribution in [0.5, 0.6) is 0 Å². The molecule has 4 saturated carbocycles. The lowest BCUT2D eigenvalue weighted by atomic mass is 9.91. The Morgan fingerprint density at radius 3 is 1.68 bits per heavy atom. The molecule has 4 rings (SSSR count). The van der Waals surface area contributed by atoms with Gasteiger partial charge in [-0.3, -0.25) is 0 Å². The van der Waals surface area contributed by atoms with Gasteiger partial charge in [0.05, 0.1) is 12.1 Å². The lowest BCUT2D eigenvalue weighted by Gasteiger charge is -2.21. The second-order valence-corrected chi connectivity index (χ2v) is 6.76. The van der Waals surface area contributed by atoms with Crippen LogP contribution in [-0.4, -0.2) is 24.2 Å². The third-order valence-corrected chi connectivity index (χ3v) is 6.47. The molecule has 0 bridgehead atoms. The normalized spacial score (nSPS) is 53.3. The smallest absolute Gasteiger partial charge is 0.211 e. The summed E-state index contributed by atoms with van der Waals surface area (Å²) in [6.07, 6.45) is 10.7. The van der Waals surface area contributed by atoms with E-state index in [9.17, 15) is 9.59 Å². The Balaban J connectivity index is 1.57. The molecule has 4 aliphatic rings. The van der Waals surface area contributed by atoms with E-state index in [1.165, 1.54) is 25.7 Å². The van der Waals surface area contributed by atoms with Gasteiger partial charge in [0.2, 0.25) is 12.2 Å². The van der Waals surface area contributed by atoms with Crippen molar-refractivity contribution in [1.82, 2.24) is 0 Å². The number of fused-ring (bicyclic) bond motifs is 6. The molecule has 0 amide bonds. The quantitative estimate of drug-likeness (QED) is 0.563. The summed E-state index contributed by atoms with van der Waals surface area (Å²) in [5.41, 5.74) is 0.570. The number of hydrogen-bond donors (Lipinski definition) is 0. The fraction of sp³-hybridized carbons (Fsp3) is 0.867. The van der Waals surface area contributed by atoms with Crippen LogP contribution in [0.4, 0.5) is 0 Å². The molecule has 100 valence electrons. The molecule has 4 nitrogen and oxygen atoms in total. The standard InChI is InChI=1S/C15H18N2O2/c18-7-16-13-5-11-12(6-14(13)17-8-19)15(11)9-3-1-2-4-10(9)15/h9-14H,1-6H2. The van der Waals surface area contributed by atoms with E-state index in [4.69, 9.17) is 0 Å². The first-order valence-corrected chi connectivity index (χ1v) is 7.48. The highest BCUT2D eigenvalue weighted by atomic mass is 16.1. The monoisotopic (exact) mass is 258 g/mol. The van der Waals surface area contributed by atoms with E-state index in [1.807, 2.05) is 0 Å². The van der Waals surface area contributed by atoms with E-state index in [-0.39, 0.29) is 12.1 Å². The van der Waals surface area contributed by atoms with E-state index in [1.54, 1.807) is 12.2 Å². The van der Waals surface area contributed by atoms with Gasteiger partial charge < -0.3 is 0 Å². The summed E-state index contributed by atoms with van der Waals surface area (Å²) in [4.78, 5) is 28.9. The molecule has 0 aromatic carbocycles. The van der Waals surface area contributed by atoms with Crippen molar-refractivity contribution in [2.24, 2.45) is 39.1 Å². The lowest BCUT2D eigenvalue weighted by Crippen LogP contribution is -2.27. The summed E-state index contributed by atoms with van der Waals surface area (Å²) in [5.74, 6) is 3.33. The van der Waals surface area contributed by atoms with Gasteiger partial charge in [-0.25, -0.2) is 19.6 Å². The first kappa shape index (κ1) is 11.6. The third kappa shape index (κ3) is 1.36. The zero-order valence-corrected chi connectivity index (χ0v) is 10.9. The van der Waals surface area contributed by atoms with E-state index < -0.39 is 0 Å². The Hall–Kier alpha value is -1.24. The molecular weight excluding hydrogens is 240 g/mol. The minimum Gasteiger partial charge on any atom is -0.211 e. The minimum absolute atomic E-state index is 0.123. The second-order valence-electron chi connectivity index (χ2n) is 6.76. The number of isocyanates is 2. The van der Waals surface area contributed by atoms with Gasteiger partial charge in [-0.2, -0.15) is 0 Å². The molecule has 0 aliphatic heterocycles. The Bertz CT molecular complexity index is 458. The molecule has 1 spiro atoms. The van der Waals surface area contributed by atoms with E-state index in [0.717, 1.165) is 36.5 Å². The Kier molecular flexibility index (Phi) is 2.36. The summed E-state index contributed by atoms with van der Waals surface area (Å²) >= 11 is 0. The SMILES string of the molecule is O=C=NC1CC2C(CC1N=C=O)C21C2CCCCC21. The molecule has 6 atom stereocenters. The minimum atomic E-state index is -0.123. The van der Waals surface area contributed by atoms with Crippen molar-refractivity contribution in [2.75, 3.05) is 0 Å². The molecule has 0 N–H and O–H groups in total. The summed E-state index contributed by atoms with van der Waals surface area (Å²) in [6.45, 7) is 0. The van der Waals surface area contributed by atoms with Crippen molar-refractivity contribution >= 4 is 12.2 Å². The number of nitrogens with zero attached hydrogens (tertiary/aromatic N) is 2. The Morgan fingerprint density at radius 2 is 1.26 bits per heavy atom. The molecule has 0 saturated heterocycles. The first-order valence-electron chi connectivity index (χ1n) is 7.48. The number of carbonyl (C=O) groups excluding carboxylic acids is 2. The van der Waals surface area contributed by atoms with Crippen LogP contribution in [0.3, 0.4) is 0 Å². The van der Waals surface area contributed by atoms with Crippen LogP contribution in [-0.2, 0) is 9.59 Å². The zero-order valence-electron chi connectivity index (χ0n) is 10.9. The van der Waals surface area contributed by atoms with Crippen LogP contribution in [0.15, 0.2) is 9.98 Å². The van der Waals surface area contributed by atoms with Crippen molar-refractivity contribution in [3.8, 4) is 0 Å². The molecule has 0 aromatic rings. The fourth-order valence-corrected chi connectivity index (χ4v) is 5.89. The van der Waals surface area contributed by atoms with E-state index >= 15 is 0 Å². The number of aliphatic imine (C=N–C) groups is 2. The maximum Gasteiger partial charge on any atom is 0.235 e. The summed E-state index contributed by atoms with van der Waals surface area (Å²) in [5, 5.41) is 0. The highest BCUT2D eigenvalue weighted by Crippen LogP contribution is 2.87. The first-order chi connectivity index (χ1) is 9.33. The molecule has 4 aliphatic carbocycles. The molecular formula is C15H18N2O2. The van der Waals surface area contributed by atoms with Crippen molar-refractivity contribution < 1.29 is 9.59 Å². The van der Waals surface area contributed by atoms with Crippen molar-refractivity contribution in [3.63, 3.8) is 0 Å². The van der Waals surface area contributed by atoms with Gasteiger partial charge in [0.25, 0.3) is 0 Å². The van der Waals surface area contributed by atoms with Gasteiger partial charge in [0, 0.05) is 0 Å². The van der Waals surface area contributed by atoms with Crippen molar-refractivity contribution in [1.29, 1.82) is 0 Å². The van der Waals surface area contributed by atoms with Gasteiger partial charge in [-0.15, -0.1) is 0 Å². The topological polar surface area (TPSA) is 58.9 Å². The highest BCUT2D eigenvalue weighted by molar-refractivity contribution is 5.39. The van der Waals surface area contributed by atoms with Crippen LogP contribution in [0.2, 0.25) is 0 Å². The predicted molar refractivity (Wildman–Crippen MR) is 67.9 cm³/mol. The fourth-order valence-electron chi connectivity index (χ4n) is 5.89. The van der Waals surface area contributed by atoms with Crippen LogP contribution < -0.4 is 0 Å². The van der Waals surface area contributed by atoms with Gasteiger partial charge in [-0.05, 0) is 54.8 Å². The molecule has 19 heavy (non-hydrogen) atoms. The maximum atomic E-state index is 10.5. The summed E-state index contributed by atoms with van der Waals surface area (Å²) in [7, 11) is 0. The largest absolute Gasteiger partial charge is 0.235 e. The van der Waals surface area contributed by atoms with Gasteiger partial charge in [-0.1, -0.05) is 12.8 Å². The van der Waals surface area contributed by atoms with Gasteiger partial charge in [0.1, 0.15) is 0 Å². The molecule has 4 fully saturated rings. The van der Waals surface area contributed by atoms with Gasteiger partial charge >= 0.3 is 0 Å². The summed E-state index contributed by atoms with van der Waals surface area (Å²) in [6, 6.07) is -0.246. The summed E-state index contributed by atoms with van der Waals surface area (Å²) < 4.78 is 0.